The van der Waals surface area contributed by atoms with Crippen molar-refractivity contribution in [2.45, 2.75) is 26.4 Å². The highest BCUT2D eigenvalue weighted by atomic mass is 33.7. The Labute approximate surface area is 88.1 Å². The van der Waals surface area contributed by atoms with E-state index in [1.807, 2.05) is 13.8 Å². The van der Waals surface area contributed by atoms with Crippen LogP contribution in [0.4, 0.5) is 0 Å². The zero-order chi connectivity index (χ0) is 9.07. The van der Waals surface area contributed by atoms with Crippen LogP contribution in [-0.2, 0) is 62.4 Å². The van der Waals surface area contributed by atoms with Gasteiger partial charge in [0.25, 0.3) is 0 Å². The first kappa shape index (κ1) is 12.5. The van der Waals surface area contributed by atoms with E-state index in [2.05, 4.69) is 0 Å². The Balaban J connectivity index is 4.39. The smallest absolute Gasteiger partial charge is 0.0756 e. The van der Waals surface area contributed by atoms with Crippen LogP contribution >= 0.6 is 0 Å². The molecular formula is C4H10OS6. The molecule has 0 spiro atoms. The standard InChI is InChI=1S/C4H10OS6/c1-3-4(2)5-11(8,9)10(6)7/h4,10H,3H2,1-2H3. The zero-order valence-electron chi connectivity index (χ0n) is 6.18. The summed E-state index contributed by atoms with van der Waals surface area (Å²) < 4.78 is 5.38. The molecule has 0 aromatic heterocycles. The number of hydrogen-bond donors (Lipinski definition) is 1. The molecule has 0 aliphatic heterocycles. The van der Waals surface area contributed by atoms with E-state index in [-0.39, 0.29) is 6.10 Å². The predicted molar refractivity (Wildman–Crippen MR) is 66.4 cm³/mol. The number of hydrogen-bond acceptors (Lipinski definition) is 5. The van der Waals surface area contributed by atoms with Crippen LogP contribution in [-0.4, -0.2) is 6.10 Å². The van der Waals surface area contributed by atoms with Crippen LogP contribution in [0, 0.1) is 0 Å². The predicted octanol–water partition coefficient (Wildman–Crippen LogP) is 0.984. The summed E-state index contributed by atoms with van der Waals surface area (Å²) in [6.45, 7) is 2.00. The molecule has 0 aromatic rings. The maximum Gasteiger partial charge on any atom is 0.0756 e. The highest BCUT2D eigenvalue weighted by molar-refractivity contribution is 9.03. The Hall–Kier alpha value is 1.54. The summed E-state index contributed by atoms with van der Waals surface area (Å²) in [5.74, 6) is 0. The first-order valence-corrected chi connectivity index (χ1v) is 10.4. The number of thiol groups is 1. The average Bonchev–Trinajstić information content (AvgIpc) is 1.86. The van der Waals surface area contributed by atoms with Gasteiger partial charge in [0.05, 0.1) is 12.6 Å². The second-order valence-corrected chi connectivity index (χ2v) is 15.3. The lowest BCUT2D eigenvalue weighted by Gasteiger charge is -2.12. The molecule has 0 amide bonds. The monoisotopic (exact) mass is 266 g/mol. The van der Waals surface area contributed by atoms with Crippen molar-refractivity contribution in [3.63, 3.8) is 0 Å². The third kappa shape index (κ3) is 4.97. The molecule has 0 aromatic carbocycles. The summed E-state index contributed by atoms with van der Waals surface area (Å²) in [6, 6.07) is 0. The van der Waals surface area contributed by atoms with Gasteiger partial charge in [-0.25, -0.2) is 0 Å². The molecule has 0 aliphatic carbocycles. The van der Waals surface area contributed by atoms with Gasteiger partial charge in [-0.15, -0.1) is 0 Å². The van der Waals surface area contributed by atoms with Gasteiger partial charge in [-0.3, -0.25) is 4.18 Å². The second-order valence-electron chi connectivity index (χ2n) is 1.97. The minimum atomic E-state index is -1.95. The lowest BCUT2D eigenvalue weighted by atomic mass is 10.3. The van der Waals surface area contributed by atoms with E-state index in [0.717, 1.165) is 6.42 Å². The van der Waals surface area contributed by atoms with Crippen molar-refractivity contribution in [3.8, 4) is 0 Å². The van der Waals surface area contributed by atoms with E-state index in [9.17, 15) is 0 Å². The molecule has 0 rings (SSSR count). The Morgan fingerprint density at radius 3 is 2.18 bits per heavy atom. The topological polar surface area (TPSA) is 9.23 Å². The first-order valence-electron chi connectivity index (χ1n) is 2.98. The van der Waals surface area contributed by atoms with Gasteiger partial charge in [-0.05, 0) is 65.1 Å². The molecule has 68 valence electrons. The summed E-state index contributed by atoms with van der Waals surface area (Å²) in [5, 5.41) is 0. The van der Waals surface area contributed by atoms with Crippen molar-refractivity contribution >= 4 is 58.3 Å². The Morgan fingerprint density at radius 2 is 1.91 bits per heavy atom. The van der Waals surface area contributed by atoms with Crippen LogP contribution < -0.4 is 0 Å². The molecule has 1 unspecified atom stereocenters. The molecular weight excluding hydrogens is 256 g/mol. The van der Waals surface area contributed by atoms with Crippen molar-refractivity contribution in [3.05, 3.63) is 0 Å². The average molecular weight is 267 g/mol. The Kier molecular flexibility index (Phi) is 6.05. The summed E-state index contributed by atoms with van der Waals surface area (Å²) in [4.78, 5) is 0. The minimum Gasteiger partial charge on any atom is -0.299 e. The highest BCUT2D eigenvalue weighted by Gasteiger charge is 2.05. The normalized spacial score (nSPS) is 15.2. The lowest BCUT2D eigenvalue weighted by molar-refractivity contribution is 0.259. The molecule has 0 bridgehead atoms. The van der Waals surface area contributed by atoms with Gasteiger partial charge in [-0.2, -0.15) is 0 Å². The van der Waals surface area contributed by atoms with Crippen LogP contribution in [0.2, 0.25) is 0 Å². The van der Waals surface area contributed by atoms with E-state index in [1.165, 1.54) is 0 Å². The quantitative estimate of drug-likeness (QED) is 0.598. The molecule has 7 heteroatoms. The number of rotatable bonds is 4. The van der Waals surface area contributed by atoms with E-state index in [0.29, 0.717) is 0 Å². The van der Waals surface area contributed by atoms with E-state index < -0.39 is 13.5 Å². The molecule has 0 heterocycles. The molecule has 1 atom stereocenters. The summed E-state index contributed by atoms with van der Waals surface area (Å²) >= 11 is 19.7. The van der Waals surface area contributed by atoms with Crippen molar-refractivity contribution in [1.29, 1.82) is 0 Å². The van der Waals surface area contributed by atoms with Crippen LogP contribution in [0.1, 0.15) is 20.3 Å². The third-order valence-corrected chi connectivity index (χ3v) is 13.7. The maximum absolute atomic E-state index is 5.38. The van der Waals surface area contributed by atoms with Crippen LogP contribution in [0.25, 0.3) is 0 Å². The lowest BCUT2D eigenvalue weighted by Crippen LogP contribution is -2.12. The molecule has 11 heavy (non-hydrogen) atoms. The van der Waals surface area contributed by atoms with Crippen LogP contribution in [0.15, 0.2) is 0 Å². The SMILES string of the molecule is CCC(C)OS(=S)(=S)[SH](=S)=S. The molecule has 0 saturated carbocycles. The van der Waals surface area contributed by atoms with Gasteiger partial charge in [0, 0.05) is 0 Å². The second kappa shape index (κ2) is 5.31. The van der Waals surface area contributed by atoms with Crippen LogP contribution in [0.3, 0.4) is 0 Å². The fourth-order valence-electron chi connectivity index (χ4n) is 0.311. The molecule has 1 nitrogen and oxygen atoms in total. The Bertz CT molecular complexity index is 265. The fraction of sp³-hybridized carbons (Fsp3) is 1.00. The molecule has 0 N–H and O–H groups in total. The molecule has 0 aliphatic rings. The van der Waals surface area contributed by atoms with Gasteiger partial charge in [0.15, 0.2) is 0 Å². The van der Waals surface area contributed by atoms with Gasteiger partial charge >= 0.3 is 0 Å². The zero-order valence-corrected chi connectivity index (χ0v) is 11.2. The van der Waals surface area contributed by atoms with Crippen molar-refractivity contribution in [2.75, 3.05) is 0 Å². The van der Waals surface area contributed by atoms with Crippen molar-refractivity contribution in [2.24, 2.45) is 0 Å². The Morgan fingerprint density at radius 1 is 1.45 bits per heavy atom. The van der Waals surface area contributed by atoms with Crippen LogP contribution in [0.5, 0.6) is 0 Å². The van der Waals surface area contributed by atoms with E-state index in [1.54, 1.807) is 0 Å². The fourth-order valence-corrected chi connectivity index (χ4v) is 3.02. The highest BCUT2D eigenvalue weighted by Crippen LogP contribution is 2.05. The summed E-state index contributed by atoms with van der Waals surface area (Å²) in [5.41, 5.74) is 0. The van der Waals surface area contributed by atoms with Crippen molar-refractivity contribution < 1.29 is 4.18 Å². The van der Waals surface area contributed by atoms with Gasteiger partial charge < -0.3 is 0 Å². The van der Waals surface area contributed by atoms with Gasteiger partial charge in [-0.1, -0.05) is 6.92 Å². The molecule has 0 radical (unpaired) electrons. The molecule has 0 saturated heterocycles. The van der Waals surface area contributed by atoms with Crippen molar-refractivity contribution in [1.82, 2.24) is 0 Å². The van der Waals surface area contributed by atoms with Gasteiger partial charge in [0.1, 0.15) is 0 Å². The maximum atomic E-state index is 5.38. The first-order chi connectivity index (χ1) is 4.90. The van der Waals surface area contributed by atoms with E-state index in [4.69, 9.17) is 48.9 Å². The summed E-state index contributed by atoms with van der Waals surface area (Å²) in [6.07, 6.45) is 0.992. The summed E-state index contributed by atoms with van der Waals surface area (Å²) in [7, 11) is -1.12. The minimum absolute atomic E-state index is 0.0934. The largest absolute Gasteiger partial charge is 0.299 e. The van der Waals surface area contributed by atoms with E-state index >= 15 is 0 Å². The third-order valence-electron chi connectivity index (χ3n) is 1.04. The van der Waals surface area contributed by atoms with Gasteiger partial charge in [0.2, 0.25) is 0 Å². The molecule has 0 fully saturated rings.